The number of imidazole rings is 1. The van der Waals surface area contributed by atoms with Gasteiger partial charge in [-0.3, -0.25) is 9.59 Å². The molecular weight excluding hydrogens is 323 g/mol. The fourth-order valence-corrected chi connectivity index (χ4v) is 2.74. The number of aromatic nitrogens is 2. The van der Waals surface area contributed by atoms with Gasteiger partial charge in [0.2, 0.25) is 5.91 Å². The van der Waals surface area contributed by atoms with Crippen LogP contribution in [0.2, 0.25) is 0 Å². The highest BCUT2D eigenvalue weighted by Gasteiger charge is 2.35. The van der Waals surface area contributed by atoms with Gasteiger partial charge in [0.15, 0.2) is 0 Å². The summed E-state index contributed by atoms with van der Waals surface area (Å²) in [6, 6.07) is 5.20. The van der Waals surface area contributed by atoms with Gasteiger partial charge < -0.3 is 15.2 Å². The highest BCUT2D eigenvalue weighted by molar-refractivity contribution is 5.94. The van der Waals surface area contributed by atoms with Crippen molar-refractivity contribution in [3.8, 4) is 0 Å². The third kappa shape index (κ3) is 4.43. The van der Waals surface area contributed by atoms with Crippen LogP contribution < -0.4 is 10.6 Å². The number of nitrogens with one attached hydrogen (secondary N) is 2. The largest absolute Gasteiger partial charge is 0.352 e. The summed E-state index contributed by atoms with van der Waals surface area (Å²) in [4.78, 5) is 28.5. The molecule has 2 aromatic rings. The summed E-state index contributed by atoms with van der Waals surface area (Å²) in [5.74, 6) is 0.441. The Kier molecular flexibility index (Phi) is 5.11. The third-order valence-corrected chi connectivity index (χ3v) is 4.29. The van der Waals surface area contributed by atoms with Crippen molar-refractivity contribution in [2.45, 2.75) is 25.3 Å². The molecular formula is C18H21FN4O2. The van der Waals surface area contributed by atoms with E-state index in [1.807, 2.05) is 17.8 Å². The van der Waals surface area contributed by atoms with Crippen LogP contribution >= 0.6 is 0 Å². The summed E-state index contributed by atoms with van der Waals surface area (Å²) >= 11 is 0. The number of rotatable bonds is 7. The second-order valence-electron chi connectivity index (χ2n) is 6.29. The van der Waals surface area contributed by atoms with E-state index in [9.17, 15) is 14.0 Å². The van der Waals surface area contributed by atoms with Crippen molar-refractivity contribution in [2.75, 3.05) is 6.54 Å². The summed E-state index contributed by atoms with van der Waals surface area (Å²) in [6.45, 7) is 0.222. The number of carbonyl (C=O) groups is 2. The molecule has 1 saturated carbocycles. The summed E-state index contributed by atoms with van der Waals surface area (Å²) in [5, 5.41) is 5.69. The Morgan fingerprint density at radius 2 is 2.04 bits per heavy atom. The number of nitrogens with zero attached hydrogens (tertiary/aromatic N) is 2. The van der Waals surface area contributed by atoms with Crippen LogP contribution in [-0.4, -0.2) is 27.9 Å². The van der Waals surface area contributed by atoms with Crippen molar-refractivity contribution < 1.29 is 14.0 Å². The molecule has 1 aromatic heterocycles. The summed E-state index contributed by atoms with van der Waals surface area (Å²) < 4.78 is 14.8. The quantitative estimate of drug-likeness (QED) is 0.806. The van der Waals surface area contributed by atoms with Gasteiger partial charge in [-0.2, -0.15) is 0 Å². The molecule has 0 radical (unpaired) electrons. The highest BCUT2D eigenvalue weighted by Crippen LogP contribution is 2.40. The molecule has 7 heteroatoms. The van der Waals surface area contributed by atoms with Crippen LogP contribution in [0.4, 0.5) is 4.39 Å². The van der Waals surface area contributed by atoms with E-state index in [4.69, 9.17) is 0 Å². The van der Waals surface area contributed by atoms with Crippen LogP contribution in [0.5, 0.6) is 0 Å². The molecule has 6 nitrogen and oxygen atoms in total. The number of amides is 2. The Morgan fingerprint density at radius 1 is 1.32 bits per heavy atom. The minimum absolute atomic E-state index is 0.0831. The Labute approximate surface area is 145 Å². The van der Waals surface area contributed by atoms with Crippen LogP contribution in [0.25, 0.3) is 0 Å². The molecule has 132 valence electrons. The Hall–Kier alpha value is -2.70. The fraction of sp³-hybridized carbons (Fsp3) is 0.389. The highest BCUT2D eigenvalue weighted by atomic mass is 19.1. The van der Waals surface area contributed by atoms with Crippen LogP contribution in [0.3, 0.4) is 0 Å². The molecule has 1 aliphatic rings. The molecule has 1 aromatic carbocycles. The SMILES string of the molecule is Cn1ccnc1[C@H](NC(=O)CCNC(=O)c1ccc(F)cc1)C1CC1. The lowest BCUT2D eigenvalue weighted by atomic mass is 10.1. The molecule has 1 aliphatic carbocycles. The van der Waals surface area contributed by atoms with E-state index < -0.39 is 5.82 Å². The van der Waals surface area contributed by atoms with E-state index in [-0.39, 0.29) is 30.8 Å². The van der Waals surface area contributed by atoms with Crippen molar-refractivity contribution in [1.29, 1.82) is 0 Å². The lowest BCUT2D eigenvalue weighted by Crippen LogP contribution is -2.34. The summed E-state index contributed by atoms with van der Waals surface area (Å²) in [7, 11) is 1.91. The van der Waals surface area contributed by atoms with Gasteiger partial charge in [-0.05, 0) is 43.0 Å². The Balaban J connectivity index is 1.48. The number of hydrogen-bond acceptors (Lipinski definition) is 3. The van der Waals surface area contributed by atoms with Crippen LogP contribution in [0.15, 0.2) is 36.7 Å². The summed E-state index contributed by atoms with van der Waals surface area (Å²) in [6.07, 6.45) is 5.93. The minimum atomic E-state index is -0.392. The molecule has 25 heavy (non-hydrogen) atoms. The maximum atomic E-state index is 12.9. The average molecular weight is 344 g/mol. The molecule has 1 heterocycles. The van der Waals surface area contributed by atoms with E-state index in [1.54, 1.807) is 6.20 Å². The molecule has 2 amide bonds. The zero-order valence-electron chi connectivity index (χ0n) is 14.0. The normalized spacial score (nSPS) is 14.8. The average Bonchev–Trinajstić information content (AvgIpc) is 3.35. The smallest absolute Gasteiger partial charge is 0.251 e. The van der Waals surface area contributed by atoms with Gasteiger partial charge in [-0.15, -0.1) is 0 Å². The maximum Gasteiger partial charge on any atom is 0.251 e. The third-order valence-electron chi connectivity index (χ3n) is 4.29. The van der Waals surface area contributed by atoms with E-state index in [0.29, 0.717) is 11.5 Å². The predicted octanol–water partition coefficient (Wildman–Crippen LogP) is 1.95. The van der Waals surface area contributed by atoms with Crippen LogP contribution in [0, 0.1) is 11.7 Å². The molecule has 0 unspecified atom stereocenters. The van der Waals surface area contributed by atoms with Gasteiger partial charge in [0.25, 0.3) is 5.91 Å². The van der Waals surface area contributed by atoms with Crippen molar-refractivity contribution in [1.82, 2.24) is 20.2 Å². The molecule has 1 atom stereocenters. The number of benzene rings is 1. The molecule has 0 spiro atoms. The first-order valence-corrected chi connectivity index (χ1v) is 8.35. The van der Waals surface area contributed by atoms with Crippen molar-refractivity contribution in [3.63, 3.8) is 0 Å². The lowest BCUT2D eigenvalue weighted by Gasteiger charge is -2.18. The standard InChI is InChI=1S/C18H21FN4O2/c1-23-11-10-20-17(23)16(12-2-3-12)22-15(24)8-9-21-18(25)13-4-6-14(19)7-5-13/h4-7,10-12,16H,2-3,8-9H2,1H3,(H,21,25)(H,22,24)/t16-/m1/s1. The fourth-order valence-electron chi connectivity index (χ4n) is 2.74. The van der Waals surface area contributed by atoms with E-state index in [1.165, 1.54) is 24.3 Å². The van der Waals surface area contributed by atoms with Gasteiger partial charge in [-0.1, -0.05) is 0 Å². The molecule has 0 bridgehead atoms. The Bertz CT molecular complexity index is 753. The number of halogens is 1. The van der Waals surface area contributed by atoms with E-state index in [0.717, 1.165) is 18.7 Å². The molecule has 0 saturated heterocycles. The first kappa shape index (κ1) is 17.1. The predicted molar refractivity (Wildman–Crippen MR) is 90.2 cm³/mol. The molecule has 1 fully saturated rings. The zero-order valence-corrected chi connectivity index (χ0v) is 14.0. The number of hydrogen-bond donors (Lipinski definition) is 2. The van der Waals surface area contributed by atoms with Crippen LogP contribution in [0.1, 0.15) is 41.5 Å². The second-order valence-corrected chi connectivity index (χ2v) is 6.29. The van der Waals surface area contributed by atoms with Crippen LogP contribution in [-0.2, 0) is 11.8 Å². The summed E-state index contributed by atoms with van der Waals surface area (Å²) in [5.41, 5.74) is 0.366. The molecule has 2 N–H and O–H groups in total. The molecule has 0 aliphatic heterocycles. The minimum Gasteiger partial charge on any atom is -0.352 e. The van der Waals surface area contributed by atoms with E-state index in [2.05, 4.69) is 15.6 Å². The maximum absolute atomic E-state index is 12.9. The van der Waals surface area contributed by atoms with Gasteiger partial charge in [0.1, 0.15) is 11.6 Å². The van der Waals surface area contributed by atoms with E-state index >= 15 is 0 Å². The zero-order chi connectivity index (χ0) is 17.8. The number of carbonyl (C=O) groups excluding carboxylic acids is 2. The Morgan fingerprint density at radius 3 is 2.64 bits per heavy atom. The number of aryl methyl sites for hydroxylation is 1. The van der Waals surface area contributed by atoms with Crippen molar-refractivity contribution in [2.24, 2.45) is 13.0 Å². The van der Waals surface area contributed by atoms with Gasteiger partial charge >= 0.3 is 0 Å². The lowest BCUT2D eigenvalue weighted by molar-refractivity contribution is -0.121. The van der Waals surface area contributed by atoms with Gasteiger partial charge in [-0.25, -0.2) is 9.37 Å². The topological polar surface area (TPSA) is 76.0 Å². The second kappa shape index (κ2) is 7.46. The first-order valence-electron chi connectivity index (χ1n) is 8.35. The van der Waals surface area contributed by atoms with Crippen molar-refractivity contribution in [3.05, 3.63) is 53.9 Å². The van der Waals surface area contributed by atoms with Crippen molar-refractivity contribution >= 4 is 11.8 Å². The van der Waals surface area contributed by atoms with Gasteiger partial charge in [0, 0.05) is 38.0 Å². The monoisotopic (exact) mass is 344 g/mol. The first-order chi connectivity index (χ1) is 12.0. The van der Waals surface area contributed by atoms with Gasteiger partial charge in [0.05, 0.1) is 6.04 Å². The molecule has 3 rings (SSSR count).